The zero-order valence-electron chi connectivity index (χ0n) is 12.6. The van der Waals surface area contributed by atoms with Gasteiger partial charge < -0.3 is 14.7 Å². The first-order valence-electron chi connectivity index (χ1n) is 7.34. The molecule has 2 amide bonds. The van der Waals surface area contributed by atoms with E-state index in [0.29, 0.717) is 37.6 Å². The highest BCUT2D eigenvalue weighted by Crippen LogP contribution is 2.26. The summed E-state index contributed by atoms with van der Waals surface area (Å²) in [6, 6.07) is 2.64. The molecule has 1 aliphatic heterocycles. The lowest BCUT2D eigenvalue weighted by Gasteiger charge is -2.30. The number of carbonyl (C=O) groups is 1. The Balaban J connectivity index is 1.58. The zero-order chi connectivity index (χ0) is 16.4. The van der Waals surface area contributed by atoms with Crippen LogP contribution in [0, 0.1) is 18.6 Å². The highest BCUT2D eigenvalue weighted by Gasteiger charge is 2.27. The third kappa shape index (κ3) is 3.46. The molecule has 1 aromatic heterocycles. The fraction of sp³-hybridized carbons (Fsp3) is 0.400. The van der Waals surface area contributed by atoms with Gasteiger partial charge in [-0.25, -0.2) is 13.6 Å². The van der Waals surface area contributed by atoms with Gasteiger partial charge in [0.05, 0.1) is 5.69 Å². The molecule has 0 spiro atoms. The van der Waals surface area contributed by atoms with E-state index in [4.69, 9.17) is 4.52 Å². The summed E-state index contributed by atoms with van der Waals surface area (Å²) in [5.74, 6) is -0.148. The largest absolute Gasteiger partial charge is 0.340 e. The Kier molecular flexibility index (Phi) is 4.22. The molecule has 0 unspecified atom stereocenters. The summed E-state index contributed by atoms with van der Waals surface area (Å²) in [7, 11) is 0. The third-order valence-corrected chi connectivity index (χ3v) is 3.86. The number of piperidine rings is 1. The predicted octanol–water partition coefficient (Wildman–Crippen LogP) is 3.07. The van der Waals surface area contributed by atoms with Crippen molar-refractivity contribution in [2.75, 3.05) is 18.4 Å². The summed E-state index contributed by atoms with van der Waals surface area (Å²) in [6.07, 6.45) is 1.41. The number of anilines is 1. The second-order valence-corrected chi connectivity index (χ2v) is 5.49. The summed E-state index contributed by atoms with van der Waals surface area (Å²) >= 11 is 0. The number of benzene rings is 1. The number of nitrogens with zero attached hydrogens (tertiary/aromatic N) is 3. The molecule has 6 nitrogen and oxygen atoms in total. The van der Waals surface area contributed by atoms with Crippen LogP contribution in [0.4, 0.5) is 19.3 Å². The molecular weight excluding hydrogens is 306 g/mol. The van der Waals surface area contributed by atoms with E-state index < -0.39 is 17.7 Å². The molecule has 23 heavy (non-hydrogen) atoms. The number of likely N-dealkylation sites (tertiary alicyclic amines) is 1. The monoisotopic (exact) mass is 322 g/mol. The summed E-state index contributed by atoms with van der Waals surface area (Å²) < 4.78 is 31.4. The molecule has 0 aliphatic carbocycles. The van der Waals surface area contributed by atoms with E-state index in [9.17, 15) is 13.6 Å². The van der Waals surface area contributed by atoms with Crippen LogP contribution in [0.25, 0.3) is 0 Å². The number of hydrogen-bond donors (Lipinski definition) is 1. The number of amides is 2. The molecule has 122 valence electrons. The predicted molar refractivity (Wildman–Crippen MR) is 78.0 cm³/mol. The van der Waals surface area contributed by atoms with E-state index in [0.717, 1.165) is 12.1 Å². The number of carbonyl (C=O) groups excluding carboxylic acids is 1. The zero-order valence-corrected chi connectivity index (χ0v) is 12.6. The molecule has 1 N–H and O–H groups in total. The SMILES string of the molecule is Cc1nc(C2CCN(C(=O)Nc3ccc(F)cc3F)CC2)no1. The van der Waals surface area contributed by atoms with Gasteiger partial charge in [0, 0.05) is 32.0 Å². The van der Waals surface area contributed by atoms with Crippen LogP contribution in [0.5, 0.6) is 0 Å². The number of nitrogens with one attached hydrogen (secondary N) is 1. The molecular formula is C15H16F2N4O2. The molecule has 1 fully saturated rings. The number of hydrogen-bond acceptors (Lipinski definition) is 4. The van der Waals surface area contributed by atoms with Gasteiger partial charge >= 0.3 is 6.03 Å². The average molecular weight is 322 g/mol. The van der Waals surface area contributed by atoms with Gasteiger partial charge in [-0.05, 0) is 25.0 Å². The van der Waals surface area contributed by atoms with Gasteiger partial charge in [-0.15, -0.1) is 0 Å². The molecule has 1 aromatic carbocycles. The van der Waals surface area contributed by atoms with Crippen molar-refractivity contribution in [1.29, 1.82) is 0 Å². The number of aromatic nitrogens is 2. The van der Waals surface area contributed by atoms with Crippen molar-refractivity contribution in [3.63, 3.8) is 0 Å². The van der Waals surface area contributed by atoms with Crippen LogP contribution in [-0.2, 0) is 0 Å². The smallest absolute Gasteiger partial charge is 0.321 e. The van der Waals surface area contributed by atoms with Crippen LogP contribution < -0.4 is 5.32 Å². The Bertz CT molecular complexity index is 711. The number of urea groups is 1. The first-order valence-corrected chi connectivity index (χ1v) is 7.34. The van der Waals surface area contributed by atoms with Crippen molar-refractivity contribution in [1.82, 2.24) is 15.0 Å². The molecule has 8 heteroatoms. The van der Waals surface area contributed by atoms with E-state index in [1.54, 1.807) is 11.8 Å². The fourth-order valence-corrected chi connectivity index (χ4v) is 2.61. The summed E-state index contributed by atoms with van der Waals surface area (Å²) in [5.41, 5.74) is -0.0349. The van der Waals surface area contributed by atoms with Gasteiger partial charge in [-0.2, -0.15) is 4.98 Å². The van der Waals surface area contributed by atoms with Gasteiger partial charge in [0.2, 0.25) is 5.89 Å². The highest BCUT2D eigenvalue weighted by molar-refractivity contribution is 5.89. The summed E-state index contributed by atoms with van der Waals surface area (Å²) in [5, 5.41) is 6.37. The average Bonchev–Trinajstić information content (AvgIpc) is 2.97. The van der Waals surface area contributed by atoms with Crippen molar-refractivity contribution in [2.24, 2.45) is 0 Å². The molecule has 2 heterocycles. The quantitative estimate of drug-likeness (QED) is 0.922. The maximum Gasteiger partial charge on any atom is 0.321 e. The lowest BCUT2D eigenvalue weighted by molar-refractivity contribution is 0.193. The maximum atomic E-state index is 13.6. The van der Waals surface area contributed by atoms with Gasteiger partial charge in [0.25, 0.3) is 0 Å². The summed E-state index contributed by atoms with van der Waals surface area (Å²) in [4.78, 5) is 18.0. The van der Waals surface area contributed by atoms with E-state index in [-0.39, 0.29) is 11.6 Å². The maximum absolute atomic E-state index is 13.6. The van der Waals surface area contributed by atoms with Crippen molar-refractivity contribution in [3.05, 3.63) is 41.5 Å². The molecule has 0 radical (unpaired) electrons. The second-order valence-electron chi connectivity index (χ2n) is 5.49. The Labute approximate surface area is 131 Å². The third-order valence-electron chi connectivity index (χ3n) is 3.86. The molecule has 1 aliphatic rings. The Hall–Kier alpha value is -2.51. The molecule has 3 rings (SSSR count). The molecule has 0 saturated carbocycles. The lowest BCUT2D eigenvalue weighted by atomic mass is 9.96. The lowest BCUT2D eigenvalue weighted by Crippen LogP contribution is -2.40. The Morgan fingerprint density at radius 3 is 2.70 bits per heavy atom. The normalized spacial score (nSPS) is 15.7. The minimum absolute atomic E-state index is 0.0349. The number of aryl methyl sites for hydroxylation is 1. The van der Waals surface area contributed by atoms with Crippen molar-refractivity contribution in [2.45, 2.75) is 25.7 Å². The van der Waals surface area contributed by atoms with Crippen LogP contribution >= 0.6 is 0 Å². The fourth-order valence-electron chi connectivity index (χ4n) is 2.61. The molecule has 1 saturated heterocycles. The van der Waals surface area contributed by atoms with Gasteiger partial charge in [0.15, 0.2) is 5.82 Å². The minimum Gasteiger partial charge on any atom is -0.340 e. The highest BCUT2D eigenvalue weighted by atomic mass is 19.1. The molecule has 2 aromatic rings. The standard InChI is InChI=1S/C15H16F2N4O2/c1-9-18-14(20-23-9)10-4-6-21(7-5-10)15(22)19-13-3-2-11(16)8-12(13)17/h2-3,8,10H,4-7H2,1H3,(H,19,22). The van der Waals surface area contributed by atoms with Crippen LogP contribution in [0.3, 0.4) is 0 Å². The number of rotatable bonds is 2. The van der Waals surface area contributed by atoms with Crippen molar-refractivity contribution in [3.8, 4) is 0 Å². The molecule has 0 bridgehead atoms. The van der Waals surface area contributed by atoms with Crippen LogP contribution in [-0.4, -0.2) is 34.2 Å². The van der Waals surface area contributed by atoms with E-state index >= 15 is 0 Å². The van der Waals surface area contributed by atoms with Gasteiger partial charge in [-0.3, -0.25) is 0 Å². The van der Waals surface area contributed by atoms with Gasteiger partial charge in [0.1, 0.15) is 11.6 Å². The van der Waals surface area contributed by atoms with E-state index in [1.165, 1.54) is 6.07 Å². The first-order chi connectivity index (χ1) is 11.0. The van der Waals surface area contributed by atoms with Gasteiger partial charge in [-0.1, -0.05) is 5.16 Å². The van der Waals surface area contributed by atoms with Crippen molar-refractivity contribution >= 4 is 11.7 Å². The Morgan fingerprint density at radius 1 is 1.35 bits per heavy atom. The number of halogens is 2. The van der Waals surface area contributed by atoms with Crippen molar-refractivity contribution < 1.29 is 18.1 Å². The summed E-state index contributed by atoms with van der Waals surface area (Å²) in [6.45, 7) is 2.75. The topological polar surface area (TPSA) is 71.3 Å². The Morgan fingerprint density at radius 2 is 2.09 bits per heavy atom. The van der Waals surface area contributed by atoms with E-state index in [2.05, 4.69) is 15.5 Å². The first kappa shape index (κ1) is 15.4. The van der Waals surface area contributed by atoms with E-state index in [1.807, 2.05) is 0 Å². The second kappa shape index (κ2) is 6.31. The van der Waals surface area contributed by atoms with Crippen LogP contribution in [0.2, 0.25) is 0 Å². The molecule has 0 atom stereocenters. The van der Waals surface area contributed by atoms with Crippen LogP contribution in [0.15, 0.2) is 22.7 Å². The van der Waals surface area contributed by atoms with Crippen LogP contribution in [0.1, 0.15) is 30.5 Å². The minimum atomic E-state index is -0.796.